The van der Waals surface area contributed by atoms with Crippen molar-refractivity contribution in [3.63, 3.8) is 0 Å². The second kappa shape index (κ2) is 11.7. The van der Waals surface area contributed by atoms with Crippen LogP contribution in [0.4, 0.5) is 0 Å². The summed E-state index contributed by atoms with van der Waals surface area (Å²) in [4.78, 5) is 28.0. The van der Waals surface area contributed by atoms with Gasteiger partial charge in [-0.1, -0.05) is 47.5 Å². The van der Waals surface area contributed by atoms with Crippen LogP contribution in [0.3, 0.4) is 0 Å². The standard InChI is InChI=1S/C28H33Cl2NO7S/c1-28(2,34)16-39(35,36)15-22(17-7-8-17)31-25(18-9-11-20(29)12-10-18)26(19-5-4-6-21(30)13-19)38-23(27(31)33)14-24(32)37-3/h4-6,9-13,17,22-23,25-26,34H,7-8,14-16H2,1-3H3/t22-,23-,25-,26-/m1/s1. The summed E-state index contributed by atoms with van der Waals surface area (Å²) >= 11 is 12.5. The van der Waals surface area contributed by atoms with Crippen LogP contribution in [-0.2, 0) is 28.9 Å². The maximum Gasteiger partial charge on any atom is 0.308 e. The number of sulfone groups is 1. The van der Waals surface area contributed by atoms with Crippen LogP contribution in [0.1, 0.15) is 56.4 Å². The van der Waals surface area contributed by atoms with Gasteiger partial charge in [-0.15, -0.1) is 0 Å². The molecule has 8 nitrogen and oxygen atoms in total. The number of methoxy groups -OCH3 is 1. The van der Waals surface area contributed by atoms with Crippen LogP contribution in [0.15, 0.2) is 48.5 Å². The number of ether oxygens (including phenoxy) is 2. The van der Waals surface area contributed by atoms with Gasteiger partial charge in [0.05, 0.1) is 36.7 Å². The first kappa shape index (κ1) is 29.8. The zero-order chi connectivity index (χ0) is 28.5. The molecule has 4 atom stereocenters. The monoisotopic (exact) mass is 597 g/mol. The molecule has 0 unspecified atom stereocenters. The largest absolute Gasteiger partial charge is 0.469 e. The van der Waals surface area contributed by atoms with E-state index in [0.29, 0.717) is 21.2 Å². The molecule has 0 radical (unpaired) electrons. The highest BCUT2D eigenvalue weighted by atomic mass is 35.5. The Morgan fingerprint density at radius 1 is 1.13 bits per heavy atom. The minimum absolute atomic E-state index is 0.0581. The van der Waals surface area contributed by atoms with E-state index in [9.17, 15) is 23.1 Å². The number of halogens is 2. The Balaban J connectivity index is 1.86. The third-order valence-electron chi connectivity index (χ3n) is 6.92. The summed E-state index contributed by atoms with van der Waals surface area (Å²) in [5, 5.41) is 11.2. The second-order valence-corrected chi connectivity index (χ2v) is 13.9. The third kappa shape index (κ3) is 7.52. The van der Waals surface area contributed by atoms with Crippen molar-refractivity contribution in [1.82, 2.24) is 4.90 Å². The smallest absolute Gasteiger partial charge is 0.308 e. The number of hydrogen-bond acceptors (Lipinski definition) is 7. The molecule has 0 bridgehead atoms. The van der Waals surface area contributed by atoms with Gasteiger partial charge in [0.15, 0.2) is 9.84 Å². The Morgan fingerprint density at radius 3 is 2.36 bits per heavy atom. The Morgan fingerprint density at radius 2 is 1.79 bits per heavy atom. The molecule has 2 aromatic rings. The molecule has 2 fully saturated rings. The third-order valence-corrected chi connectivity index (χ3v) is 9.40. The lowest BCUT2D eigenvalue weighted by Crippen LogP contribution is -2.57. The van der Waals surface area contributed by atoms with Crippen molar-refractivity contribution < 1.29 is 32.6 Å². The fourth-order valence-corrected chi connectivity index (χ4v) is 7.69. The summed E-state index contributed by atoms with van der Waals surface area (Å²) in [5.41, 5.74) is -0.0719. The zero-order valence-corrected chi connectivity index (χ0v) is 24.4. The lowest BCUT2D eigenvalue weighted by atomic mass is 9.89. The molecule has 212 valence electrons. The fourth-order valence-electron chi connectivity index (χ4n) is 5.22. The lowest BCUT2D eigenvalue weighted by molar-refractivity contribution is -0.183. The van der Waals surface area contributed by atoms with Gasteiger partial charge in [-0.05, 0) is 68.0 Å². The van der Waals surface area contributed by atoms with E-state index in [1.54, 1.807) is 47.4 Å². The number of carbonyl (C=O) groups is 2. The first-order valence-electron chi connectivity index (χ1n) is 12.8. The molecule has 4 rings (SSSR count). The molecule has 2 aliphatic rings. The molecule has 1 saturated heterocycles. The molecule has 1 amide bonds. The van der Waals surface area contributed by atoms with E-state index in [1.807, 2.05) is 6.07 Å². The van der Waals surface area contributed by atoms with Crippen molar-refractivity contribution in [2.75, 3.05) is 18.6 Å². The molecular weight excluding hydrogens is 565 g/mol. The van der Waals surface area contributed by atoms with Crippen LogP contribution in [-0.4, -0.2) is 66.7 Å². The van der Waals surface area contributed by atoms with Gasteiger partial charge in [0.25, 0.3) is 5.91 Å². The van der Waals surface area contributed by atoms with Crippen LogP contribution < -0.4 is 0 Å². The summed E-state index contributed by atoms with van der Waals surface area (Å²) in [6, 6.07) is 12.6. The minimum Gasteiger partial charge on any atom is -0.469 e. The molecule has 0 spiro atoms. The van der Waals surface area contributed by atoms with Crippen LogP contribution in [0.2, 0.25) is 10.0 Å². The molecule has 1 heterocycles. The zero-order valence-electron chi connectivity index (χ0n) is 22.0. The Hall–Kier alpha value is -2.17. The normalized spacial score (nSPS) is 23.0. The highest BCUT2D eigenvalue weighted by molar-refractivity contribution is 7.91. The maximum absolute atomic E-state index is 14.1. The van der Waals surface area contributed by atoms with Crippen LogP contribution in [0.5, 0.6) is 0 Å². The van der Waals surface area contributed by atoms with E-state index in [0.717, 1.165) is 12.8 Å². The summed E-state index contributed by atoms with van der Waals surface area (Å²) in [5.74, 6) is -1.95. The molecule has 1 N–H and O–H groups in total. The van der Waals surface area contributed by atoms with Crippen molar-refractivity contribution in [3.8, 4) is 0 Å². The van der Waals surface area contributed by atoms with E-state index >= 15 is 0 Å². The Kier molecular flexibility index (Phi) is 8.98. The van der Waals surface area contributed by atoms with Crippen molar-refractivity contribution in [1.29, 1.82) is 0 Å². The van der Waals surface area contributed by atoms with Gasteiger partial charge in [0.1, 0.15) is 12.2 Å². The van der Waals surface area contributed by atoms with E-state index in [-0.39, 0.29) is 18.1 Å². The minimum atomic E-state index is -3.78. The van der Waals surface area contributed by atoms with Crippen molar-refractivity contribution in [3.05, 3.63) is 69.7 Å². The van der Waals surface area contributed by atoms with E-state index in [1.165, 1.54) is 21.0 Å². The molecule has 11 heteroatoms. The van der Waals surface area contributed by atoms with Crippen molar-refractivity contribution in [2.45, 2.75) is 63.0 Å². The van der Waals surface area contributed by atoms with Gasteiger partial charge in [0, 0.05) is 16.1 Å². The topological polar surface area (TPSA) is 110 Å². The van der Waals surface area contributed by atoms with E-state index in [2.05, 4.69) is 0 Å². The Bertz CT molecular complexity index is 1310. The summed E-state index contributed by atoms with van der Waals surface area (Å²) < 4.78 is 37.7. The number of morpholine rings is 1. The van der Waals surface area contributed by atoms with E-state index in [4.69, 9.17) is 32.7 Å². The summed E-state index contributed by atoms with van der Waals surface area (Å²) in [6.45, 7) is 2.88. The summed E-state index contributed by atoms with van der Waals surface area (Å²) in [6.07, 6.45) is -0.781. The van der Waals surface area contributed by atoms with Gasteiger partial charge in [-0.25, -0.2) is 8.42 Å². The van der Waals surface area contributed by atoms with Gasteiger partial charge in [0.2, 0.25) is 0 Å². The number of amides is 1. The molecule has 1 saturated carbocycles. The van der Waals surface area contributed by atoms with Gasteiger partial charge >= 0.3 is 5.97 Å². The highest BCUT2D eigenvalue weighted by Gasteiger charge is 2.51. The van der Waals surface area contributed by atoms with Crippen LogP contribution in [0, 0.1) is 5.92 Å². The number of aliphatic hydroxyl groups is 1. The first-order chi connectivity index (χ1) is 18.3. The molecule has 39 heavy (non-hydrogen) atoms. The van der Waals surface area contributed by atoms with E-state index < -0.39 is 57.4 Å². The first-order valence-corrected chi connectivity index (χ1v) is 15.3. The lowest BCUT2D eigenvalue weighted by Gasteiger charge is -2.48. The average Bonchev–Trinajstić information content (AvgIpc) is 3.68. The highest BCUT2D eigenvalue weighted by Crippen LogP contribution is 2.48. The number of nitrogens with zero attached hydrogens (tertiary/aromatic N) is 1. The fraction of sp³-hybridized carbons (Fsp3) is 0.500. The van der Waals surface area contributed by atoms with Gasteiger partial charge < -0.3 is 19.5 Å². The quantitative estimate of drug-likeness (QED) is 0.400. The maximum atomic E-state index is 14.1. The average molecular weight is 599 g/mol. The predicted molar refractivity (Wildman–Crippen MR) is 148 cm³/mol. The van der Waals surface area contributed by atoms with Crippen molar-refractivity contribution in [2.24, 2.45) is 5.92 Å². The molecule has 1 aliphatic carbocycles. The van der Waals surface area contributed by atoms with Gasteiger partial charge in [-0.2, -0.15) is 0 Å². The number of esters is 1. The molecule has 1 aliphatic heterocycles. The number of benzene rings is 2. The second-order valence-electron chi connectivity index (χ2n) is 10.9. The number of hydrogen-bond donors (Lipinski definition) is 1. The molecule has 2 aromatic carbocycles. The van der Waals surface area contributed by atoms with Gasteiger partial charge in [-0.3, -0.25) is 9.59 Å². The SMILES string of the molecule is COC(=O)C[C@H]1O[C@H](c2cccc(Cl)c2)[C@@H](c2ccc(Cl)cc2)N([C@H](CS(=O)(=O)CC(C)(C)O)C2CC2)C1=O. The summed E-state index contributed by atoms with van der Waals surface area (Å²) in [7, 11) is -2.55. The number of rotatable bonds is 10. The molecule has 0 aromatic heterocycles. The molecular formula is C28H33Cl2NO7S. The number of carbonyl (C=O) groups excluding carboxylic acids is 2. The predicted octanol–water partition coefficient (Wildman–Crippen LogP) is 4.53. The van der Waals surface area contributed by atoms with Crippen LogP contribution in [0.25, 0.3) is 0 Å². The van der Waals surface area contributed by atoms with Crippen molar-refractivity contribution >= 4 is 44.9 Å². The van der Waals surface area contributed by atoms with Crippen LogP contribution >= 0.6 is 23.2 Å². The Labute approximate surface area is 239 Å².